The predicted molar refractivity (Wildman–Crippen MR) is 146 cm³/mol. The van der Waals surface area contributed by atoms with E-state index in [1.54, 1.807) is 39.0 Å². The van der Waals surface area contributed by atoms with E-state index >= 15 is 0 Å². The zero-order valence-corrected chi connectivity index (χ0v) is 23.4. The second-order valence-electron chi connectivity index (χ2n) is 10.3. The summed E-state index contributed by atoms with van der Waals surface area (Å²) in [6.07, 6.45) is 3.00. The molecule has 3 rings (SSSR count). The first kappa shape index (κ1) is 29.8. The van der Waals surface area contributed by atoms with Crippen molar-refractivity contribution in [3.8, 4) is 11.5 Å². The summed E-state index contributed by atoms with van der Waals surface area (Å²) >= 11 is 0. The number of unbranched alkanes of at least 4 members (excludes halogenated alkanes) is 2. The highest BCUT2D eigenvalue weighted by molar-refractivity contribution is 5.95. The SMILES string of the molecule is CCCCC[C@H](CN(C=O)OCc1ccccc1)C(=O)N(C)N(C(=O)OC(C)(C)C)c1cccc2c1OCO2. The molecule has 0 radical (unpaired) electrons. The number of hydrogen-bond donors (Lipinski definition) is 0. The highest BCUT2D eigenvalue weighted by atomic mass is 16.7. The fourth-order valence-corrected chi connectivity index (χ4v) is 4.14. The van der Waals surface area contributed by atoms with Gasteiger partial charge < -0.3 is 14.2 Å². The van der Waals surface area contributed by atoms with E-state index in [-0.39, 0.29) is 25.9 Å². The number of ether oxygens (including phenoxy) is 3. The molecule has 3 amide bonds. The number of hydroxylamine groups is 2. The van der Waals surface area contributed by atoms with Crippen LogP contribution in [0, 0.1) is 5.92 Å². The standard InChI is InChI=1S/C29H39N3O7/c1-6-7-9-15-23(18-31(20-33)38-19-22-13-10-8-11-14-22)27(34)30(5)32(28(35)39-29(2,3)4)24-16-12-17-25-26(24)37-21-36-25/h8,10-14,16-17,20,23H,6-7,9,15,18-19,21H2,1-5H3/t23-/m1/s1. The van der Waals surface area contributed by atoms with E-state index in [0.717, 1.165) is 34.9 Å². The number of amides is 3. The van der Waals surface area contributed by atoms with Gasteiger partial charge in [-0.3, -0.25) is 14.4 Å². The van der Waals surface area contributed by atoms with Crippen molar-refractivity contribution in [3.05, 3.63) is 54.1 Å². The first-order chi connectivity index (χ1) is 18.6. The first-order valence-electron chi connectivity index (χ1n) is 13.2. The van der Waals surface area contributed by atoms with Gasteiger partial charge in [-0.2, -0.15) is 5.01 Å². The Morgan fingerprint density at radius 3 is 2.46 bits per heavy atom. The van der Waals surface area contributed by atoms with Crippen LogP contribution >= 0.6 is 0 Å². The molecule has 0 unspecified atom stereocenters. The van der Waals surface area contributed by atoms with E-state index in [4.69, 9.17) is 19.0 Å². The van der Waals surface area contributed by atoms with Crippen LogP contribution in [0.1, 0.15) is 58.9 Å². The number of carbonyl (C=O) groups excluding carboxylic acids is 3. The molecule has 1 aliphatic heterocycles. The molecule has 0 spiro atoms. The number of carbonyl (C=O) groups is 3. The third-order valence-electron chi connectivity index (χ3n) is 6.05. The lowest BCUT2D eigenvalue weighted by molar-refractivity contribution is -0.183. The molecular formula is C29H39N3O7. The molecule has 212 valence electrons. The highest BCUT2D eigenvalue weighted by Gasteiger charge is 2.36. The van der Waals surface area contributed by atoms with Crippen molar-refractivity contribution in [1.29, 1.82) is 0 Å². The minimum absolute atomic E-state index is 0.00113. The van der Waals surface area contributed by atoms with Gasteiger partial charge in [-0.25, -0.2) is 14.9 Å². The molecule has 1 atom stereocenters. The number of anilines is 1. The molecular weight excluding hydrogens is 502 g/mol. The minimum Gasteiger partial charge on any atom is -0.454 e. The summed E-state index contributed by atoms with van der Waals surface area (Å²) in [5, 5.41) is 3.52. The average Bonchev–Trinajstić information content (AvgIpc) is 3.39. The summed E-state index contributed by atoms with van der Waals surface area (Å²) in [5.74, 6) is -0.209. The van der Waals surface area contributed by atoms with Gasteiger partial charge in [0.25, 0.3) is 0 Å². The van der Waals surface area contributed by atoms with Gasteiger partial charge in [0.1, 0.15) is 17.9 Å². The largest absolute Gasteiger partial charge is 0.454 e. The number of nitrogens with zero attached hydrogens (tertiary/aromatic N) is 3. The summed E-state index contributed by atoms with van der Waals surface area (Å²) in [7, 11) is 1.50. The van der Waals surface area contributed by atoms with E-state index in [9.17, 15) is 14.4 Å². The molecule has 0 aromatic heterocycles. The van der Waals surface area contributed by atoms with E-state index in [1.165, 1.54) is 12.1 Å². The third kappa shape index (κ3) is 8.35. The Hall–Kier alpha value is -3.79. The van der Waals surface area contributed by atoms with Crippen LogP contribution in [0.2, 0.25) is 0 Å². The average molecular weight is 542 g/mol. The molecule has 0 fully saturated rings. The maximum absolute atomic E-state index is 14.0. The zero-order valence-electron chi connectivity index (χ0n) is 23.4. The van der Waals surface area contributed by atoms with E-state index in [2.05, 4.69) is 6.92 Å². The minimum atomic E-state index is -0.811. The monoisotopic (exact) mass is 541 g/mol. The fraction of sp³-hybridized carbons (Fsp3) is 0.483. The number of hydrazine groups is 1. The van der Waals surface area contributed by atoms with Gasteiger partial charge in [0.15, 0.2) is 11.5 Å². The normalized spacial score (nSPS) is 12.9. The van der Waals surface area contributed by atoms with E-state index in [0.29, 0.717) is 30.0 Å². The van der Waals surface area contributed by atoms with Crippen molar-refractivity contribution in [2.24, 2.45) is 5.92 Å². The van der Waals surface area contributed by atoms with Crippen LogP contribution in [0.15, 0.2) is 48.5 Å². The summed E-state index contributed by atoms with van der Waals surface area (Å²) in [6.45, 7) is 7.53. The zero-order chi connectivity index (χ0) is 28.4. The quantitative estimate of drug-likeness (QED) is 0.204. The molecule has 10 nitrogen and oxygen atoms in total. The van der Waals surface area contributed by atoms with Crippen molar-refractivity contribution >= 4 is 24.1 Å². The van der Waals surface area contributed by atoms with Gasteiger partial charge in [0.05, 0.1) is 12.5 Å². The lowest BCUT2D eigenvalue weighted by Crippen LogP contribution is -2.52. The van der Waals surface area contributed by atoms with Crippen LogP contribution in [0.25, 0.3) is 0 Å². The summed E-state index contributed by atoms with van der Waals surface area (Å²) in [6, 6.07) is 14.5. The number of fused-ring (bicyclic) bond motifs is 1. The van der Waals surface area contributed by atoms with Crippen LogP contribution in [0.5, 0.6) is 11.5 Å². The Morgan fingerprint density at radius 1 is 1.05 bits per heavy atom. The van der Waals surface area contributed by atoms with Crippen molar-refractivity contribution < 1.29 is 33.4 Å². The van der Waals surface area contributed by atoms with Crippen LogP contribution in [0.3, 0.4) is 0 Å². The van der Waals surface area contributed by atoms with Crippen LogP contribution in [-0.4, -0.2) is 54.5 Å². The van der Waals surface area contributed by atoms with Gasteiger partial charge in [-0.05, 0) is 44.9 Å². The number of para-hydroxylation sites is 1. The van der Waals surface area contributed by atoms with Crippen molar-refractivity contribution in [2.45, 2.75) is 65.6 Å². The van der Waals surface area contributed by atoms with Gasteiger partial charge in [0, 0.05) is 7.05 Å². The molecule has 2 aromatic carbocycles. The Morgan fingerprint density at radius 2 is 1.79 bits per heavy atom. The van der Waals surface area contributed by atoms with E-state index < -0.39 is 17.6 Å². The first-order valence-corrected chi connectivity index (χ1v) is 13.2. The molecule has 39 heavy (non-hydrogen) atoms. The Bertz CT molecular complexity index is 1100. The van der Waals surface area contributed by atoms with Gasteiger partial charge in [-0.15, -0.1) is 0 Å². The Kier molecular flexibility index (Phi) is 10.6. The summed E-state index contributed by atoms with van der Waals surface area (Å²) < 4.78 is 16.8. The van der Waals surface area contributed by atoms with Crippen LogP contribution in [0.4, 0.5) is 10.5 Å². The molecule has 0 bridgehead atoms. The predicted octanol–water partition coefficient (Wildman–Crippen LogP) is 5.32. The smallest absolute Gasteiger partial charge is 0.434 e. The van der Waals surface area contributed by atoms with E-state index in [1.807, 2.05) is 30.3 Å². The second-order valence-corrected chi connectivity index (χ2v) is 10.3. The molecule has 0 saturated carbocycles. The maximum atomic E-state index is 14.0. The maximum Gasteiger partial charge on any atom is 0.434 e. The second kappa shape index (κ2) is 13.8. The summed E-state index contributed by atoms with van der Waals surface area (Å²) in [4.78, 5) is 45.0. The van der Waals surface area contributed by atoms with Crippen LogP contribution in [-0.2, 0) is 25.8 Å². The van der Waals surface area contributed by atoms with Gasteiger partial charge >= 0.3 is 6.09 Å². The topological polar surface area (TPSA) is 97.9 Å². The molecule has 2 aromatic rings. The van der Waals surface area contributed by atoms with Gasteiger partial charge in [-0.1, -0.05) is 62.6 Å². The summed E-state index contributed by atoms with van der Waals surface area (Å²) in [5.41, 5.74) is 0.399. The number of hydrogen-bond acceptors (Lipinski definition) is 7. The molecule has 1 heterocycles. The molecule has 10 heteroatoms. The van der Waals surface area contributed by atoms with Crippen molar-refractivity contribution in [1.82, 2.24) is 10.1 Å². The fourth-order valence-electron chi connectivity index (χ4n) is 4.14. The van der Waals surface area contributed by atoms with Gasteiger partial charge in [0.2, 0.25) is 19.1 Å². The molecule has 0 saturated heterocycles. The van der Waals surface area contributed by atoms with Crippen molar-refractivity contribution in [3.63, 3.8) is 0 Å². The Balaban J connectivity index is 1.86. The molecule has 1 aliphatic rings. The van der Waals surface area contributed by atoms with Crippen molar-refractivity contribution in [2.75, 3.05) is 25.4 Å². The highest BCUT2D eigenvalue weighted by Crippen LogP contribution is 2.42. The Labute approximate surface area is 230 Å². The number of benzene rings is 2. The van der Waals surface area contributed by atoms with Crippen LogP contribution < -0.4 is 14.5 Å². The lowest BCUT2D eigenvalue weighted by Gasteiger charge is -2.36. The lowest BCUT2D eigenvalue weighted by atomic mass is 10.00. The third-order valence-corrected chi connectivity index (χ3v) is 6.05. The number of rotatable bonds is 12. The molecule has 0 aliphatic carbocycles. The molecule has 0 N–H and O–H groups in total.